The van der Waals surface area contributed by atoms with Crippen molar-refractivity contribution in [2.24, 2.45) is 0 Å². The van der Waals surface area contributed by atoms with Crippen molar-refractivity contribution in [3.8, 4) is 0 Å². The Kier molecular flexibility index (Phi) is 2.74. The molecule has 2 heterocycles. The van der Waals surface area contributed by atoms with Crippen LogP contribution < -0.4 is 11.1 Å². The summed E-state index contributed by atoms with van der Waals surface area (Å²) in [5, 5.41) is 2.34. The number of hydrogen-bond donors (Lipinski definition) is 2. The molecule has 5 nitrogen and oxygen atoms in total. The summed E-state index contributed by atoms with van der Waals surface area (Å²) in [6.45, 7) is 1.07. The first-order chi connectivity index (χ1) is 9.04. The normalized spacial score (nSPS) is 23.3. The molecule has 0 aliphatic carbocycles. The van der Waals surface area contributed by atoms with Crippen LogP contribution in [0.25, 0.3) is 0 Å². The van der Waals surface area contributed by atoms with E-state index in [1.807, 2.05) is 4.90 Å². The summed E-state index contributed by atoms with van der Waals surface area (Å²) >= 11 is 0. The van der Waals surface area contributed by atoms with E-state index < -0.39 is 5.82 Å². The molecule has 0 saturated carbocycles. The van der Waals surface area contributed by atoms with Gasteiger partial charge in [0.1, 0.15) is 5.82 Å². The first-order valence-electron chi connectivity index (χ1n) is 6.19. The van der Waals surface area contributed by atoms with Gasteiger partial charge in [-0.2, -0.15) is 0 Å². The molecule has 6 heteroatoms. The fourth-order valence-corrected chi connectivity index (χ4v) is 2.72. The van der Waals surface area contributed by atoms with Crippen molar-refractivity contribution in [2.45, 2.75) is 32.0 Å². The van der Waals surface area contributed by atoms with E-state index in [4.69, 9.17) is 5.73 Å². The molecular weight excluding hydrogens is 249 g/mol. The fourth-order valence-electron chi connectivity index (χ4n) is 2.72. The molecule has 0 aromatic heterocycles. The van der Waals surface area contributed by atoms with Crippen molar-refractivity contribution >= 4 is 17.5 Å². The predicted molar refractivity (Wildman–Crippen MR) is 66.2 cm³/mol. The molecule has 1 fully saturated rings. The molecule has 1 atom stereocenters. The molecule has 3 N–H and O–H groups in total. The number of anilines is 1. The number of benzene rings is 1. The third kappa shape index (κ3) is 2.08. The highest BCUT2D eigenvalue weighted by atomic mass is 19.1. The predicted octanol–water partition coefficient (Wildman–Crippen LogP) is 0.529. The Balaban J connectivity index is 1.80. The highest BCUT2D eigenvalue weighted by molar-refractivity contribution is 6.00. The lowest BCUT2D eigenvalue weighted by molar-refractivity contribution is -0.137. The summed E-state index contributed by atoms with van der Waals surface area (Å²) in [6.07, 6.45) is 0.858. The van der Waals surface area contributed by atoms with Crippen LogP contribution in [-0.2, 0) is 22.7 Å². The Morgan fingerprint density at radius 1 is 1.26 bits per heavy atom. The Labute approximate surface area is 109 Å². The van der Waals surface area contributed by atoms with E-state index in [1.165, 1.54) is 6.07 Å². The number of rotatable bonds is 1. The van der Waals surface area contributed by atoms with Gasteiger partial charge in [0.15, 0.2) is 0 Å². The first kappa shape index (κ1) is 12.1. The zero-order valence-corrected chi connectivity index (χ0v) is 10.3. The van der Waals surface area contributed by atoms with E-state index >= 15 is 0 Å². The van der Waals surface area contributed by atoms with E-state index in [2.05, 4.69) is 5.32 Å². The quantitative estimate of drug-likeness (QED) is 0.572. The number of amides is 2. The maximum Gasteiger partial charge on any atom is 0.243 e. The van der Waals surface area contributed by atoms with Crippen LogP contribution in [0.4, 0.5) is 10.1 Å². The van der Waals surface area contributed by atoms with E-state index in [1.54, 1.807) is 6.07 Å². The van der Waals surface area contributed by atoms with Crippen molar-refractivity contribution in [2.75, 3.05) is 5.73 Å². The second-order valence-electron chi connectivity index (χ2n) is 5.01. The molecule has 2 amide bonds. The van der Waals surface area contributed by atoms with Crippen LogP contribution in [-0.4, -0.2) is 22.8 Å². The number of carbonyl (C=O) groups excluding carboxylic acids is 2. The number of nitrogens with one attached hydrogen (secondary N) is 1. The average molecular weight is 263 g/mol. The minimum absolute atomic E-state index is 0.129. The van der Waals surface area contributed by atoms with Crippen LogP contribution in [0.2, 0.25) is 0 Å². The van der Waals surface area contributed by atoms with E-state index in [0.717, 1.165) is 11.1 Å². The van der Waals surface area contributed by atoms with E-state index in [0.29, 0.717) is 25.9 Å². The number of imide groups is 1. The van der Waals surface area contributed by atoms with Crippen molar-refractivity contribution in [1.29, 1.82) is 0 Å². The molecule has 1 saturated heterocycles. The minimum atomic E-state index is -0.427. The van der Waals surface area contributed by atoms with Crippen LogP contribution in [0.3, 0.4) is 0 Å². The highest BCUT2D eigenvalue weighted by Gasteiger charge is 2.34. The van der Waals surface area contributed by atoms with Gasteiger partial charge in [-0.05, 0) is 29.7 Å². The molecule has 0 bridgehead atoms. The molecule has 100 valence electrons. The Morgan fingerprint density at radius 3 is 2.63 bits per heavy atom. The second kappa shape index (κ2) is 4.31. The maximum absolute atomic E-state index is 13.4. The third-order valence-corrected chi connectivity index (χ3v) is 3.72. The summed E-state index contributed by atoms with van der Waals surface area (Å²) in [6, 6.07) is 2.72. The van der Waals surface area contributed by atoms with Gasteiger partial charge in [-0.25, -0.2) is 4.39 Å². The fraction of sp³-hybridized carbons (Fsp3) is 0.385. The van der Waals surface area contributed by atoms with Crippen LogP contribution in [0, 0.1) is 5.82 Å². The van der Waals surface area contributed by atoms with Crippen LogP contribution >= 0.6 is 0 Å². The number of fused-ring (bicyclic) bond motifs is 1. The summed E-state index contributed by atoms with van der Waals surface area (Å²) in [5.74, 6) is -0.922. The van der Waals surface area contributed by atoms with E-state index in [-0.39, 0.29) is 23.5 Å². The number of nitrogens with zero attached hydrogens (tertiary/aromatic N) is 1. The molecule has 2 aliphatic rings. The molecule has 0 spiro atoms. The minimum Gasteiger partial charge on any atom is -0.396 e. The van der Waals surface area contributed by atoms with Crippen molar-refractivity contribution in [3.63, 3.8) is 0 Å². The molecule has 0 radical (unpaired) electrons. The second-order valence-corrected chi connectivity index (χ2v) is 5.01. The first-order valence-corrected chi connectivity index (χ1v) is 6.19. The van der Waals surface area contributed by atoms with Crippen LogP contribution in [0.1, 0.15) is 24.0 Å². The number of nitrogen functional groups attached to an aromatic ring is 1. The summed E-state index contributed by atoms with van der Waals surface area (Å²) in [7, 11) is 0. The van der Waals surface area contributed by atoms with Crippen molar-refractivity contribution in [3.05, 3.63) is 29.1 Å². The van der Waals surface area contributed by atoms with Crippen LogP contribution in [0.15, 0.2) is 12.1 Å². The van der Waals surface area contributed by atoms with E-state index in [9.17, 15) is 14.0 Å². The molecule has 1 aromatic carbocycles. The standard InChI is InChI=1S/C13H14FN3O2/c14-9-3-7-5-17(6-8(7)4-10(9)15)11-1-2-12(18)16-13(11)19/h3-4,11H,1-2,5-6,15H2,(H,16,18,19). The summed E-state index contributed by atoms with van der Waals surface area (Å²) in [4.78, 5) is 24.9. The Hall–Kier alpha value is -1.95. The summed E-state index contributed by atoms with van der Waals surface area (Å²) in [5.41, 5.74) is 7.48. The largest absolute Gasteiger partial charge is 0.396 e. The van der Waals surface area contributed by atoms with Gasteiger partial charge in [-0.1, -0.05) is 0 Å². The van der Waals surface area contributed by atoms with Gasteiger partial charge in [0.25, 0.3) is 0 Å². The Morgan fingerprint density at radius 2 is 1.95 bits per heavy atom. The molecular formula is C13H14FN3O2. The van der Waals surface area contributed by atoms with Crippen molar-refractivity contribution < 1.29 is 14.0 Å². The number of hydrogen-bond acceptors (Lipinski definition) is 4. The smallest absolute Gasteiger partial charge is 0.243 e. The van der Waals surface area contributed by atoms with Gasteiger partial charge < -0.3 is 5.73 Å². The topological polar surface area (TPSA) is 75.4 Å². The number of piperidine rings is 1. The molecule has 2 aliphatic heterocycles. The molecule has 1 unspecified atom stereocenters. The van der Waals surface area contributed by atoms with Gasteiger partial charge in [0.2, 0.25) is 11.8 Å². The van der Waals surface area contributed by atoms with Gasteiger partial charge in [-0.3, -0.25) is 19.8 Å². The highest BCUT2D eigenvalue weighted by Crippen LogP contribution is 2.29. The maximum atomic E-state index is 13.4. The lowest BCUT2D eigenvalue weighted by atomic mass is 10.0. The molecule has 1 aromatic rings. The number of carbonyl (C=O) groups is 2. The average Bonchev–Trinajstić information content (AvgIpc) is 2.72. The molecule has 3 rings (SSSR count). The lowest BCUT2D eigenvalue weighted by Crippen LogP contribution is -2.50. The third-order valence-electron chi connectivity index (χ3n) is 3.72. The Bertz CT molecular complexity index is 542. The lowest BCUT2D eigenvalue weighted by Gasteiger charge is -2.29. The zero-order valence-electron chi connectivity index (χ0n) is 10.3. The summed E-state index contributed by atoms with van der Waals surface area (Å²) < 4.78 is 13.4. The monoisotopic (exact) mass is 263 g/mol. The van der Waals surface area contributed by atoms with Gasteiger partial charge >= 0.3 is 0 Å². The van der Waals surface area contributed by atoms with Gasteiger partial charge in [0.05, 0.1) is 11.7 Å². The molecule has 19 heavy (non-hydrogen) atoms. The number of nitrogens with two attached hydrogens (primary N) is 1. The van der Waals surface area contributed by atoms with Gasteiger partial charge in [0, 0.05) is 19.5 Å². The zero-order chi connectivity index (χ0) is 13.6. The number of halogens is 1. The van der Waals surface area contributed by atoms with Crippen molar-refractivity contribution in [1.82, 2.24) is 10.2 Å². The SMILES string of the molecule is Nc1cc2c(cc1F)CN(C1CCC(=O)NC1=O)C2. The van der Waals surface area contributed by atoms with Gasteiger partial charge in [-0.15, -0.1) is 0 Å². The van der Waals surface area contributed by atoms with Crippen LogP contribution in [0.5, 0.6) is 0 Å².